The van der Waals surface area contributed by atoms with Gasteiger partial charge in [0.1, 0.15) is 0 Å². The third-order valence-corrected chi connectivity index (χ3v) is 3.47. The quantitative estimate of drug-likeness (QED) is 0.744. The summed E-state index contributed by atoms with van der Waals surface area (Å²) in [5, 5.41) is 8.78. The van der Waals surface area contributed by atoms with Crippen molar-refractivity contribution in [3.63, 3.8) is 0 Å². The van der Waals surface area contributed by atoms with E-state index in [1.165, 1.54) is 6.42 Å². The first-order valence-corrected chi connectivity index (χ1v) is 6.45. The van der Waals surface area contributed by atoms with Crippen LogP contribution in [0.25, 0.3) is 0 Å². The van der Waals surface area contributed by atoms with Crippen molar-refractivity contribution in [2.45, 2.75) is 39.2 Å². The van der Waals surface area contributed by atoms with Gasteiger partial charge in [-0.3, -0.25) is 9.69 Å². The van der Waals surface area contributed by atoms with Crippen molar-refractivity contribution in [3.05, 3.63) is 0 Å². The third kappa shape index (κ3) is 4.01. The number of hydrogen-bond acceptors (Lipinski definition) is 3. The maximum absolute atomic E-state index is 12.2. The molecule has 0 aromatic heterocycles. The van der Waals surface area contributed by atoms with Crippen LogP contribution in [0.1, 0.15) is 33.1 Å². The summed E-state index contributed by atoms with van der Waals surface area (Å²) < 4.78 is 0. The summed E-state index contributed by atoms with van der Waals surface area (Å²) in [6, 6.07) is 2.08. The lowest BCUT2D eigenvalue weighted by molar-refractivity contribution is -0.136. The Balaban J connectivity index is 2.47. The van der Waals surface area contributed by atoms with E-state index in [0.717, 1.165) is 25.9 Å². The van der Waals surface area contributed by atoms with E-state index >= 15 is 0 Å². The van der Waals surface area contributed by atoms with Crippen molar-refractivity contribution in [1.82, 2.24) is 9.80 Å². The van der Waals surface area contributed by atoms with Gasteiger partial charge in [0.05, 0.1) is 18.0 Å². The number of rotatable bonds is 4. The number of carbonyl (C=O) groups is 1. The molecule has 1 rings (SSSR count). The lowest BCUT2D eigenvalue weighted by atomic mass is 10.1. The molecule has 0 aromatic carbocycles. The van der Waals surface area contributed by atoms with E-state index in [0.29, 0.717) is 6.54 Å². The number of likely N-dealkylation sites (tertiary alicyclic amines) is 1. The summed E-state index contributed by atoms with van der Waals surface area (Å²) in [4.78, 5) is 16.1. The number of nitriles is 1. The van der Waals surface area contributed by atoms with Crippen molar-refractivity contribution < 1.29 is 4.79 Å². The summed E-state index contributed by atoms with van der Waals surface area (Å²) in [6.07, 6.45) is 3.48. The number of hydrogen-bond donors (Lipinski definition) is 0. The van der Waals surface area contributed by atoms with Gasteiger partial charge in [0.2, 0.25) is 5.91 Å². The lowest BCUT2D eigenvalue weighted by Gasteiger charge is -2.33. The molecule has 0 saturated carbocycles. The van der Waals surface area contributed by atoms with Crippen molar-refractivity contribution in [2.75, 3.05) is 26.7 Å². The fourth-order valence-corrected chi connectivity index (χ4v) is 2.20. The molecule has 1 fully saturated rings. The molecule has 0 N–H and O–H groups in total. The monoisotopic (exact) mass is 237 g/mol. The van der Waals surface area contributed by atoms with Gasteiger partial charge in [-0.2, -0.15) is 5.26 Å². The van der Waals surface area contributed by atoms with Gasteiger partial charge in [-0.1, -0.05) is 0 Å². The summed E-state index contributed by atoms with van der Waals surface area (Å²) in [5.41, 5.74) is 0. The molecule has 17 heavy (non-hydrogen) atoms. The second kappa shape index (κ2) is 6.61. The van der Waals surface area contributed by atoms with E-state index < -0.39 is 0 Å². The average Bonchev–Trinajstić information content (AvgIpc) is 2.37. The first-order chi connectivity index (χ1) is 8.06. The van der Waals surface area contributed by atoms with Crippen molar-refractivity contribution in [3.8, 4) is 6.07 Å². The van der Waals surface area contributed by atoms with Gasteiger partial charge in [0.25, 0.3) is 0 Å². The predicted molar refractivity (Wildman–Crippen MR) is 67.3 cm³/mol. The summed E-state index contributed by atoms with van der Waals surface area (Å²) in [5.74, 6) is 0.175. The van der Waals surface area contributed by atoms with Crippen LogP contribution in [0.5, 0.6) is 0 Å². The summed E-state index contributed by atoms with van der Waals surface area (Å²) >= 11 is 0. The minimum absolute atomic E-state index is 0.0309. The highest BCUT2D eigenvalue weighted by Gasteiger charge is 2.25. The highest BCUT2D eigenvalue weighted by atomic mass is 16.2. The molecule has 0 aromatic rings. The Morgan fingerprint density at radius 2 is 1.94 bits per heavy atom. The van der Waals surface area contributed by atoms with Crippen LogP contribution in [-0.4, -0.2) is 48.4 Å². The van der Waals surface area contributed by atoms with Crippen LogP contribution < -0.4 is 0 Å². The molecule has 0 radical (unpaired) electrons. The van der Waals surface area contributed by atoms with Crippen LogP contribution in [-0.2, 0) is 4.79 Å². The Labute approximate surface area is 104 Å². The largest absolute Gasteiger partial charge is 0.341 e. The lowest BCUT2D eigenvalue weighted by Crippen LogP contribution is -2.48. The van der Waals surface area contributed by atoms with Crippen LogP contribution in [0.2, 0.25) is 0 Å². The molecule has 1 amide bonds. The molecule has 2 atom stereocenters. The van der Waals surface area contributed by atoms with Crippen molar-refractivity contribution >= 4 is 5.91 Å². The minimum Gasteiger partial charge on any atom is -0.341 e. The molecule has 0 spiro atoms. The molecule has 1 heterocycles. The number of amides is 1. The van der Waals surface area contributed by atoms with Gasteiger partial charge in [-0.05, 0) is 40.2 Å². The number of likely N-dealkylation sites (N-methyl/N-ethyl adjacent to an activating group) is 1. The van der Waals surface area contributed by atoms with E-state index in [1.54, 1.807) is 0 Å². The van der Waals surface area contributed by atoms with Gasteiger partial charge in [-0.25, -0.2) is 0 Å². The second-order valence-corrected chi connectivity index (χ2v) is 5.03. The fraction of sp³-hybridized carbons (Fsp3) is 0.846. The Morgan fingerprint density at radius 1 is 1.35 bits per heavy atom. The van der Waals surface area contributed by atoms with Crippen LogP contribution in [0.15, 0.2) is 0 Å². The second-order valence-electron chi connectivity index (χ2n) is 5.03. The van der Waals surface area contributed by atoms with Crippen LogP contribution in [0.3, 0.4) is 0 Å². The molecule has 4 heteroatoms. The van der Waals surface area contributed by atoms with Crippen LogP contribution in [0.4, 0.5) is 0 Å². The van der Waals surface area contributed by atoms with Crippen LogP contribution >= 0.6 is 0 Å². The van der Waals surface area contributed by atoms with Gasteiger partial charge in [-0.15, -0.1) is 0 Å². The molecule has 1 saturated heterocycles. The van der Waals surface area contributed by atoms with Gasteiger partial charge in [0.15, 0.2) is 0 Å². The van der Waals surface area contributed by atoms with E-state index in [4.69, 9.17) is 5.26 Å². The van der Waals surface area contributed by atoms with Gasteiger partial charge >= 0.3 is 0 Å². The van der Waals surface area contributed by atoms with E-state index in [-0.39, 0.29) is 17.9 Å². The van der Waals surface area contributed by atoms with Crippen molar-refractivity contribution in [1.29, 1.82) is 5.26 Å². The summed E-state index contributed by atoms with van der Waals surface area (Å²) in [7, 11) is 1.92. The molecule has 0 aliphatic carbocycles. The van der Waals surface area contributed by atoms with Gasteiger partial charge < -0.3 is 4.90 Å². The fourth-order valence-electron chi connectivity index (χ4n) is 2.20. The average molecular weight is 237 g/mol. The normalized spacial score (nSPS) is 19.8. The number of carbonyl (C=O) groups excluding carboxylic acids is 1. The minimum atomic E-state index is -0.121. The van der Waals surface area contributed by atoms with Gasteiger partial charge in [0, 0.05) is 19.6 Å². The third-order valence-electron chi connectivity index (χ3n) is 3.47. The number of piperidine rings is 1. The Kier molecular flexibility index (Phi) is 5.43. The Bertz CT molecular complexity index is 292. The zero-order valence-corrected chi connectivity index (χ0v) is 11.1. The topological polar surface area (TPSA) is 47.3 Å². The molecular formula is C13H23N3O. The summed E-state index contributed by atoms with van der Waals surface area (Å²) in [6.45, 7) is 6.25. The molecule has 1 aliphatic rings. The molecule has 0 bridgehead atoms. The maximum Gasteiger partial charge on any atom is 0.239 e. The maximum atomic E-state index is 12.2. The standard InChI is InChI=1S/C13H23N3O/c1-11(9-14)10-15(3)12(2)13(17)16-7-5-4-6-8-16/h11-12H,4-8,10H2,1-3H3. The predicted octanol–water partition coefficient (Wildman–Crippen LogP) is 1.48. The Hall–Kier alpha value is -1.08. The zero-order valence-electron chi connectivity index (χ0n) is 11.1. The first-order valence-electron chi connectivity index (χ1n) is 6.45. The smallest absolute Gasteiger partial charge is 0.239 e. The molecule has 2 unspecified atom stereocenters. The zero-order chi connectivity index (χ0) is 12.8. The first kappa shape index (κ1) is 14.0. The highest BCUT2D eigenvalue weighted by Crippen LogP contribution is 2.12. The van der Waals surface area contributed by atoms with E-state index in [9.17, 15) is 4.79 Å². The van der Waals surface area contributed by atoms with Crippen LogP contribution in [0, 0.1) is 17.2 Å². The molecule has 1 aliphatic heterocycles. The van der Waals surface area contributed by atoms with Crippen molar-refractivity contribution in [2.24, 2.45) is 5.92 Å². The van der Waals surface area contributed by atoms with E-state index in [2.05, 4.69) is 6.07 Å². The molecular weight excluding hydrogens is 214 g/mol. The number of nitrogens with zero attached hydrogens (tertiary/aromatic N) is 3. The molecule has 96 valence electrons. The Morgan fingerprint density at radius 3 is 2.47 bits per heavy atom. The van der Waals surface area contributed by atoms with E-state index in [1.807, 2.05) is 30.7 Å². The molecule has 4 nitrogen and oxygen atoms in total. The SMILES string of the molecule is CC(C#N)CN(C)C(C)C(=O)N1CCCCC1. The highest BCUT2D eigenvalue weighted by molar-refractivity contribution is 5.81.